The van der Waals surface area contributed by atoms with Crippen LogP contribution in [0.15, 0.2) is 48.5 Å². The van der Waals surface area contributed by atoms with Crippen LogP contribution in [0.3, 0.4) is 0 Å². The third kappa shape index (κ3) is 5.94. The number of hydrogen-bond acceptors (Lipinski definition) is 4. The van der Waals surface area contributed by atoms with Crippen LogP contribution < -0.4 is 16.4 Å². The highest BCUT2D eigenvalue weighted by Crippen LogP contribution is 2.11. The Balaban J connectivity index is 1.86. The van der Waals surface area contributed by atoms with E-state index < -0.39 is 0 Å². The fraction of sp³-hybridized carbons (Fsp3) is 0.263. The SMILES string of the molecule is COC(CN)CC(=O)NCc1ccc(C(=O)Nc2ccc(F)cc2)cc1. The molecule has 7 heteroatoms. The molecule has 6 nitrogen and oxygen atoms in total. The summed E-state index contributed by atoms with van der Waals surface area (Å²) in [6, 6.07) is 12.4. The lowest BCUT2D eigenvalue weighted by Crippen LogP contribution is -2.31. The molecule has 0 heterocycles. The van der Waals surface area contributed by atoms with Crippen molar-refractivity contribution in [1.82, 2.24) is 5.32 Å². The number of nitrogens with two attached hydrogens (primary N) is 1. The second-order valence-electron chi connectivity index (χ2n) is 5.73. The van der Waals surface area contributed by atoms with E-state index in [9.17, 15) is 14.0 Å². The number of hydrogen-bond donors (Lipinski definition) is 3. The molecule has 0 radical (unpaired) electrons. The van der Waals surface area contributed by atoms with Crippen LogP contribution in [0.4, 0.5) is 10.1 Å². The molecule has 0 spiro atoms. The molecule has 0 saturated carbocycles. The molecular formula is C19H22FN3O3. The van der Waals surface area contributed by atoms with Crippen LogP contribution in [-0.4, -0.2) is 31.6 Å². The first-order valence-electron chi connectivity index (χ1n) is 8.17. The zero-order valence-corrected chi connectivity index (χ0v) is 14.5. The second kappa shape index (κ2) is 9.65. The molecule has 1 unspecified atom stereocenters. The van der Waals surface area contributed by atoms with E-state index in [1.165, 1.54) is 31.4 Å². The van der Waals surface area contributed by atoms with E-state index >= 15 is 0 Å². The van der Waals surface area contributed by atoms with Gasteiger partial charge in [0.2, 0.25) is 5.91 Å². The van der Waals surface area contributed by atoms with Crippen LogP contribution in [0.25, 0.3) is 0 Å². The van der Waals surface area contributed by atoms with E-state index in [1.807, 2.05) is 0 Å². The summed E-state index contributed by atoms with van der Waals surface area (Å²) in [4.78, 5) is 24.0. The van der Waals surface area contributed by atoms with Crippen molar-refractivity contribution in [3.05, 3.63) is 65.5 Å². The molecule has 0 aliphatic heterocycles. The minimum atomic E-state index is -0.363. The fourth-order valence-electron chi connectivity index (χ4n) is 2.25. The maximum atomic E-state index is 12.9. The molecule has 2 amide bonds. The van der Waals surface area contributed by atoms with Crippen LogP contribution in [0.2, 0.25) is 0 Å². The highest BCUT2D eigenvalue weighted by atomic mass is 19.1. The predicted molar refractivity (Wildman–Crippen MR) is 97.1 cm³/mol. The number of methoxy groups -OCH3 is 1. The second-order valence-corrected chi connectivity index (χ2v) is 5.73. The predicted octanol–water partition coefficient (Wildman–Crippen LogP) is 2.06. The molecule has 138 valence electrons. The van der Waals surface area contributed by atoms with Crippen molar-refractivity contribution in [2.24, 2.45) is 5.73 Å². The topological polar surface area (TPSA) is 93.4 Å². The monoisotopic (exact) mass is 359 g/mol. The lowest BCUT2D eigenvalue weighted by Gasteiger charge is -2.12. The molecule has 0 aromatic heterocycles. The van der Waals surface area contributed by atoms with Gasteiger partial charge in [-0.25, -0.2) is 4.39 Å². The van der Waals surface area contributed by atoms with Crippen molar-refractivity contribution in [2.75, 3.05) is 19.0 Å². The smallest absolute Gasteiger partial charge is 0.255 e. The van der Waals surface area contributed by atoms with E-state index in [4.69, 9.17) is 10.5 Å². The molecule has 2 rings (SSSR count). The van der Waals surface area contributed by atoms with Gasteiger partial charge in [-0.3, -0.25) is 9.59 Å². The van der Waals surface area contributed by atoms with Crippen molar-refractivity contribution in [1.29, 1.82) is 0 Å². The van der Waals surface area contributed by atoms with Gasteiger partial charge in [-0.2, -0.15) is 0 Å². The zero-order chi connectivity index (χ0) is 18.9. The van der Waals surface area contributed by atoms with Crippen molar-refractivity contribution >= 4 is 17.5 Å². The van der Waals surface area contributed by atoms with Gasteiger partial charge in [0.15, 0.2) is 0 Å². The molecule has 0 saturated heterocycles. The van der Waals surface area contributed by atoms with Gasteiger partial charge in [0.25, 0.3) is 5.91 Å². The van der Waals surface area contributed by atoms with Gasteiger partial charge in [-0.15, -0.1) is 0 Å². The molecule has 0 aliphatic rings. The first-order chi connectivity index (χ1) is 12.5. The Labute approximate surface area is 151 Å². The average molecular weight is 359 g/mol. The van der Waals surface area contributed by atoms with Gasteiger partial charge in [0.05, 0.1) is 12.5 Å². The van der Waals surface area contributed by atoms with Gasteiger partial charge < -0.3 is 21.1 Å². The van der Waals surface area contributed by atoms with Crippen LogP contribution >= 0.6 is 0 Å². The van der Waals surface area contributed by atoms with Gasteiger partial charge >= 0.3 is 0 Å². The summed E-state index contributed by atoms with van der Waals surface area (Å²) in [5.74, 6) is -0.809. The molecular weight excluding hydrogens is 337 g/mol. The summed E-state index contributed by atoms with van der Waals surface area (Å²) in [5, 5.41) is 5.47. The number of amides is 2. The van der Waals surface area contributed by atoms with E-state index in [-0.39, 0.29) is 36.7 Å². The molecule has 0 fully saturated rings. The minimum absolute atomic E-state index is 0.152. The van der Waals surface area contributed by atoms with Crippen LogP contribution in [-0.2, 0) is 16.1 Å². The molecule has 26 heavy (non-hydrogen) atoms. The average Bonchev–Trinajstić information content (AvgIpc) is 2.66. The lowest BCUT2D eigenvalue weighted by molar-refractivity contribution is -0.123. The number of nitrogens with one attached hydrogen (secondary N) is 2. The zero-order valence-electron chi connectivity index (χ0n) is 14.5. The number of anilines is 1. The Kier molecular flexibility index (Phi) is 7.25. The summed E-state index contributed by atoms with van der Waals surface area (Å²) in [7, 11) is 1.51. The number of rotatable bonds is 8. The lowest BCUT2D eigenvalue weighted by atomic mass is 10.1. The maximum absolute atomic E-state index is 12.9. The van der Waals surface area contributed by atoms with E-state index in [0.29, 0.717) is 17.8 Å². The highest BCUT2D eigenvalue weighted by Gasteiger charge is 2.11. The number of ether oxygens (including phenoxy) is 1. The molecule has 2 aromatic rings. The molecule has 0 bridgehead atoms. The summed E-state index contributed by atoms with van der Waals surface area (Å²) < 4.78 is 17.9. The highest BCUT2D eigenvalue weighted by molar-refractivity contribution is 6.04. The van der Waals surface area contributed by atoms with Crippen molar-refractivity contribution in [2.45, 2.75) is 19.1 Å². The van der Waals surface area contributed by atoms with Gasteiger partial charge in [0, 0.05) is 31.5 Å². The molecule has 2 aromatic carbocycles. The Morgan fingerprint density at radius 3 is 2.35 bits per heavy atom. The van der Waals surface area contributed by atoms with E-state index in [0.717, 1.165) is 5.56 Å². The van der Waals surface area contributed by atoms with Crippen molar-refractivity contribution in [3.63, 3.8) is 0 Å². The van der Waals surface area contributed by atoms with Crippen molar-refractivity contribution < 1.29 is 18.7 Å². The van der Waals surface area contributed by atoms with Crippen LogP contribution in [0.1, 0.15) is 22.3 Å². The Morgan fingerprint density at radius 1 is 1.12 bits per heavy atom. The summed E-state index contributed by atoms with van der Waals surface area (Å²) >= 11 is 0. The quantitative estimate of drug-likeness (QED) is 0.672. The third-order valence-electron chi connectivity index (χ3n) is 3.82. The normalized spacial score (nSPS) is 11.7. The van der Waals surface area contributed by atoms with Gasteiger partial charge in [0.1, 0.15) is 5.82 Å². The number of carbonyl (C=O) groups excluding carboxylic acids is 2. The third-order valence-corrected chi connectivity index (χ3v) is 3.82. The summed E-state index contributed by atoms with van der Waals surface area (Å²) in [6.45, 7) is 0.626. The maximum Gasteiger partial charge on any atom is 0.255 e. The number of halogens is 1. The van der Waals surface area contributed by atoms with Crippen LogP contribution in [0.5, 0.6) is 0 Å². The largest absolute Gasteiger partial charge is 0.380 e. The Bertz CT molecular complexity index is 729. The van der Waals surface area contributed by atoms with Crippen molar-refractivity contribution in [3.8, 4) is 0 Å². The summed E-state index contributed by atoms with van der Waals surface area (Å²) in [6.07, 6.45) is -0.0990. The van der Waals surface area contributed by atoms with Gasteiger partial charge in [-0.1, -0.05) is 12.1 Å². The standard InChI is InChI=1S/C19H22FN3O3/c1-26-17(11-21)10-18(24)22-12-13-2-4-14(5-3-13)19(25)23-16-8-6-15(20)7-9-16/h2-9,17H,10-12,21H2,1H3,(H,22,24)(H,23,25). The number of carbonyl (C=O) groups is 2. The molecule has 4 N–H and O–H groups in total. The molecule has 1 atom stereocenters. The van der Waals surface area contributed by atoms with E-state index in [2.05, 4.69) is 10.6 Å². The Hall–Kier alpha value is -2.77. The summed E-state index contributed by atoms with van der Waals surface area (Å²) in [5.41, 5.74) is 7.32. The van der Waals surface area contributed by atoms with E-state index in [1.54, 1.807) is 24.3 Å². The first kappa shape index (κ1) is 19.6. The Morgan fingerprint density at radius 2 is 1.77 bits per heavy atom. The van der Waals surface area contributed by atoms with Gasteiger partial charge in [-0.05, 0) is 42.0 Å². The first-order valence-corrected chi connectivity index (χ1v) is 8.17. The molecule has 0 aliphatic carbocycles. The number of benzene rings is 2. The fourth-order valence-corrected chi connectivity index (χ4v) is 2.25. The van der Waals surface area contributed by atoms with Crippen LogP contribution in [0, 0.1) is 5.82 Å². The minimum Gasteiger partial charge on any atom is -0.380 e.